The maximum absolute atomic E-state index is 13.4. The summed E-state index contributed by atoms with van der Waals surface area (Å²) in [6.45, 7) is 7.48. The van der Waals surface area contributed by atoms with Crippen LogP contribution in [0.2, 0.25) is 0 Å². The fourth-order valence-electron chi connectivity index (χ4n) is 3.86. The quantitative estimate of drug-likeness (QED) is 0.730. The van der Waals surface area contributed by atoms with Crippen LogP contribution in [0.3, 0.4) is 0 Å². The first-order chi connectivity index (χ1) is 13.5. The average Bonchev–Trinajstić information content (AvgIpc) is 2.70. The number of hydrogen-bond donors (Lipinski definition) is 0. The topological polar surface area (TPSA) is 32.8 Å². The van der Waals surface area contributed by atoms with Gasteiger partial charge in [-0.15, -0.1) is 0 Å². The van der Waals surface area contributed by atoms with Crippen molar-refractivity contribution >= 4 is 11.6 Å². The number of likely N-dealkylation sites (tertiary alicyclic amines) is 1. The molecular weight excluding hydrogens is 355 g/mol. The van der Waals surface area contributed by atoms with Crippen LogP contribution in [0.5, 0.6) is 5.75 Å². The third kappa shape index (κ3) is 4.90. The van der Waals surface area contributed by atoms with E-state index in [1.807, 2.05) is 29.2 Å². The molecule has 28 heavy (non-hydrogen) atoms. The molecule has 2 aromatic carbocycles. The molecule has 150 valence electrons. The van der Waals surface area contributed by atoms with Gasteiger partial charge in [0.15, 0.2) is 0 Å². The number of piperidine rings is 1. The Balaban J connectivity index is 1.86. The molecule has 0 aliphatic carbocycles. The Morgan fingerprint density at radius 3 is 2.46 bits per heavy atom. The number of methoxy groups -OCH3 is 1. The van der Waals surface area contributed by atoms with Crippen molar-refractivity contribution in [3.8, 4) is 5.75 Å². The second-order valence-corrected chi connectivity index (χ2v) is 7.81. The Morgan fingerprint density at radius 2 is 1.86 bits per heavy atom. The van der Waals surface area contributed by atoms with Crippen LogP contribution < -0.4 is 9.64 Å². The first kappa shape index (κ1) is 20.3. The van der Waals surface area contributed by atoms with Crippen LogP contribution in [0.4, 0.5) is 10.1 Å². The van der Waals surface area contributed by atoms with Gasteiger partial charge in [-0.2, -0.15) is 0 Å². The van der Waals surface area contributed by atoms with E-state index in [4.69, 9.17) is 4.74 Å². The molecule has 0 N–H and O–H groups in total. The SMILES string of the molecule is COc1cccc(N(C(=O)c2ccc(F)cc2)C2CCN(CC(C)C)CC2)c1. The van der Waals surface area contributed by atoms with Crippen molar-refractivity contribution in [2.45, 2.75) is 32.7 Å². The van der Waals surface area contributed by atoms with E-state index in [-0.39, 0.29) is 17.8 Å². The van der Waals surface area contributed by atoms with Gasteiger partial charge in [0.2, 0.25) is 0 Å². The molecule has 1 aliphatic rings. The highest BCUT2D eigenvalue weighted by molar-refractivity contribution is 6.06. The zero-order valence-corrected chi connectivity index (χ0v) is 16.9. The van der Waals surface area contributed by atoms with E-state index in [9.17, 15) is 9.18 Å². The lowest BCUT2D eigenvalue weighted by atomic mass is 9.99. The number of hydrogen-bond acceptors (Lipinski definition) is 3. The molecule has 0 saturated carbocycles. The van der Waals surface area contributed by atoms with E-state index in [0.717, 1.165) is 38.2 Å². The Kier molecular flexibility index (Phi) is 6.68. The van der Waals surface area contributed by atoms with Crippen molar-refractivity contribution < 1.29 is 13.9 Å². The molecule has 0 aromatic heterocycles. The number of ether oxygens (including phenoxy) is 1. The van der Waals surface area contributed by atoms with Gasteiger partial charge in [0.05, 0.1) is 7.11 Å². The molecule has 5 heteroatoms. The second kappa shape index (κ2) is 9.20. The molecule has 1 aliphatic heterocycles. The van der Waals surface area contributed by atoms with Crippen LogP contribution >= 0.6 is 0 Å². The highest BCUT2D eigenvalue weighted by atomic mass is 19.1. The van der Waals surface area contributed by atoms with Crippen molar-refractivity contribution in [1.29, 1.82) is 0 Å². The minimum absolute atomic E-state index is 0.101. The maximum Gasteiger partial charge on any atom is 0.258 e. The second-order valence-electron chi connectivity index (χ2n) is 7.81. The van der Waals surface area contributed by atoms with Gasteiger partial charge in [-0.25, -0.2) is 4.39 Å². The first-order valence-corrected chi connectivity index (χ1v) is 9.93. The van der Waals surface area contributed by atoms with E-state index in [2.05, 4.69) is 18.7 Å². The lowest BCUT2D eigenvalue weighted by Gasteiger charge is -2.39. The van der Waals surface area contributed by atoms with Gasteiger partial charge in [0, 0.05) is 43.0 Å². The summed E-state index contributed by atoms with van der Waals surface area (Å²) >= 11 is 0. The van der Waals surface area contributed by atoms with Crippen molar-refractivity contribution in [1.82, 2.24) is 4.90 Å². The third-order valence-electron chi connectivity index (χ3n) is 5.19. The van der Waals surface area contributed by atoms with E-state index >= 15 is 0 Å². The average molecular weight is 384 g/mol. The number of halogens is 1. The molecule has 4 nitrogen and oxygen atoms in total. The molecule has 2 aromatic rings. The Hall–Kier alpha value is -2.40. The van der Waals surface area contributed by atoms with Gasteiger partial charge in [0.25, 0.3) is 5.91 Å². The van der Waals surface area contributed by atoms with Crippen LogP contribution in [-0.2, 0) is 0 Å². The molecule has 0 atom stereocenters. The number of benzene rings is 2. The number of rotatable bonds is 6. The summed E-state index contributed by atoms with van der Waals surface area (Å²) in [5.41, 5.74) is 1.31. The highest BCUT2D eigenvalue weighted by Crippen LogP contribution is 2.29. The largest absolute Gasteiger partial charge is 0.497 e. The summed E-state index contributed by atoms with van der Waals surface area (Å²) in [7, 11) is 1.62. The molecule has 0 radical (unpaired) electrons. The van der Waals surface area contributed by atoms with Crippen molar-refractivity contribution in [2.24, 2.45) is 5.92 Å². The lowest BCUT2D eigenvalue weighted by molar-refractivity contribution is 0.0957. The fourth-order valence-corrected chi connectivity index (χ4v) is 3.86. The normalized spacial score (nSPS) is 15.6. The fraction of sp³-hybridized carbons (Fsp3) is 0.435. The zero-order valence-electron chi connectivity index (χ0n) is 16.9. The number of nitrogens with zero attached hydrogens (tertiary/aromatic N) is 2. The standard InChI is InChI=1S/C23H29FN2O2/c1-17(2)16-25-13-11-20(12-14-25)26(21-5-4-6-22(15-21)28-3)23(27)18-7-9-19(24)10-8-18/h4-10,15,17,20H,11-14,16H2,1-3H3. The van der Waals surface area contributed by atoms with Gasteiger partial charge in [-0.1, -0.05) is 19.9 Å². The predicted molar refractivity (Wildman–Crippen MR) is 111 cm³/mol. The van der Waals surface area contributed by atoms with Crippen LogP contribution in [0.25, 0.3) is 0 Å². The van der Waals surface area contributed by atoms with Crippen molar-refractivity contribution in [3.63, 3.8) is 0 Å². The van der Waals surface area contributed by atoms with Crippen molar-refractivity contribution in [2.75, 3.05) is 31.6 Å². The number of carbonyl (C=O) groups excluding carboxylic acids is 1. The molecule has 0 bridgehead atoms. The van der Waals surface area contributed by atoms with Gasteiger partial charge in [0.1, 0.15) is 11.6 Å². The van der Waals surface area contributed by atoms with Crippen molar-refractivity contribution in [3.05, 3.63) is 59.9 Å². The summed E-state index contributed by atoms with van der Waals surface area (Å²) in [5.74, 6) is 0.903. The summed E-state index contributed by atoms with van der Waals surface area (Å²) in [5, 5.41) is 0. The van der Waals surface area contributed by atoms with E-state index in [0.29, 0.717) is 17.2 Å². The minimum atomic E-state index is -0.341. The van der Waals surface area contributed by atoms with Gasteiger partial charge in [-0.3, -0.25) is 4.79 Å². The highest BCUT2D eigenvalue weighted by Gasteiger charge is 2.30. The maximum atomic E-state index is 13.4. The third-order valence-corrected chi connectivity index (χ3v) is 5.19. The molecule has 3 rings (SSSR count). The molecule has 1 saturated heterocycles. The Morgan fingerprint density at radius 1 is 1.18 bits per heavy atom. The predicted octanol–water partition coefficient (Wildman–Crippen LogP) is 4.60. The minimum Gasteiger partial charge on any atom is -0.497 e. The van der Waals surface area contributed by atoms with Crippen LogP contribution in [0.1, 0.15) is 37.0 Å². The number of carbonyl (C=O) groups is 1. The molecular formula is C23H29FN2O2. The molecule has 0 spiro atoms. The summed E-state index contributed by atoms with van der Waals surface area (Å²) in [4.78, 5) is 17.7. The van der Waals surface area contributed by atoms with Crippen LogP contribution in [0, 0.1) is 11.7 Å². The van der Waals surface area contributed by atoms with E-state index < -0.39 is 0 Å². The van der Waals surface area contributed by atoms with Crippen LogP contribution in [0.15, 0.2) is 48.5 Å². The van der Waals surface area contributed by atoms with Gasteiger partial charge < -0.3 is 14.5 Å². The van der Waals surface area contributed by atoms with Gasteiger partial charge in [-0.05, 0) is 55.2 Å². The monoisotopic (exact) mass is 384 g/mol. The summed E-state index contributed by atoms with van der Waals surface area (Å²) in [6.07, 6.45) is 1.83. The molecule has 1 heterocycles. The van der Waals surface area contributed by atoms with Crippen LogP contribution in [-0.4, -0.2) is 43.6 Å². The number of anilines is 1. The smallest absolute Gasteiger partial charge is 0.258 e. The Labute approximate surface area is 166 Å². The number of amides is 1. The van der Waals surface area contributed by atoms with E-state index in [1.165, 1.54) is 12.1 Å². The lowest BCUT2D eigenvalue weighted by Crippen LogP contribution is -2.48. The summed E-state index contributed by atoms with van der Waals surface area (Å²) in [6, 6.07) is 13.5. The van der Waals surface area contributed by atoms with E-state index in [1.54, 1.807) is 19.2 Å². The molecule has 1 amide bonds. The summed E-state index contributed by atoms with van der Waals surface area (Å²) < 4.78 is 18.7. The molecule has 0 unspecified atom stereocenters. The molecule has 1 fully saturated rings. The Bertz CT molecular complexity index is 783. The zero-order chi connectivity index (χ0) is 20.1. The van der Waals surface area contributed by atoms with Gasteiger partial charge >= 0.3 is 0 Å². The first-order valence-electron chi connectivity index (χ1n) is 9.93.